The first-order valence-corrected chi connectivity index (χ1v) is 9.64. The number of H-pyrrole nitrogens is 1. The van der Waals surface area contributed by atoms with E-state index in [4.69, 9.17) is 9.05 Å². The largest absolute Gasteiger partial charge is 0.361 e. The molecule has 0 aliphatic heterocycles. The highest BCUT2D eigenvalue weighted by molar-refractivity contribution is 5.94. The highest BCUT2D eigenvalue weighted by Gasteiger charge is 2.16. The van der Waals surface area contributed by atoms with Gasteiger partial charge in [-0.25, -0.2) is 0 Å². The minimum absolute atomic E-state index is 0.273. The molecule has 0 unspecified atom stereocenters. The fourth-order valence-corrected chi connectivity index (χ4v) is 3.42. The van der Waals surface area contributed by atoms with Crippen molar-refractivity contribution >= 4 is 16.8 Å². The van der Waals surface area contributed by atoms with Crippen molar-refractivity contribution in [3.8, 4) is 22.8 Å². The number of nitrogens with one attached hydrogen (secondary N) is 2. The van der Waals surface area contributed by atoms with Crippen LogP contribution in [0, 0.1) is 13.8 Å². The molecule has 0 spiro atoms. The van der Waals surface area contributed by atoms with E-state index in [-0.39, 0.29) is 12.5 Å². The second kappa shape index (κ2) is 7.24. The van der Waals surface area contributed by atoms with Crippen LogP contribution < -0.4 is 5.32 Å². The summed E-state index contributed by atoms with van der Waals surface area (Å²) in [6, 6.07) is 11.5. The number of nitrogens with zero attached hydrogens (tertiary/aromatic N) is 5. The van der Waals surface area contributed by atoms with Gasteiger partial charge in [0.15, 0.2) is 11.5 Å². The average Bonchev–Trinajstić information content (AvgIpc) is 3.52. The van der Waals surface area contributed by atoms with E-state index in [1.54, 1.807) is 37.7 Å². The molecule has 0 aliphatic rings. The first kappa shape index (κ1) is 18.8. The third-order valence-corrected chi connectivity index (χ3v) is 4.89. The topological polar surface area (TPSA) is 128 Å². The fourth-order valence-electron chi connectivity index (χ4n) is 3.42. The highest BCUT2D eigenvalue weighted by atomic mass is 16.5. The van der Waals surface area contributed by atoms with Crippen molar-refractivity contribution in [3.63, 3.8) is 0 Å². The van der Waals surface area contributed by atoms with Crippen molar-refractivity contribution < 1.29 is 13.8 Å². The van der Waals surface area contributed by atoms with Crippen LogP contribution in [0.5, 0.6) is 0 Å². The molecule has 4 heterocycles. The summed E-state index contributed by atoms with van der Waals surface area (Å²) in [5, 5.41) is 15.9. The van der Waals surface area contributed by atoms with Crippen molar-refractivity contribution in [2.24, 2.45) is 7.05 Å². The molecule has 2 N–H and O–H groups in total. The Kier molecular flexibility index (Phi) is 4.39. The van der Waals surface area contributed by atoms with Crippen LogP contribution >= 0.6 is 0 Å². The Morgan fingerprint density at radius 3 is 2.74 bits per heavy atom. The minimum atomic E-state index is -0.278. The lowest BCUT2D eigenvalue weighted by molar-refractivity contribution is 0.0944. The molecule has 156 valence electrons. The van der Waals surface area contributed by atoms with Crippen molar-refractivity contribution in [3.05, 3.63) is 59.4 Å². The van der Waals surface area contributed by atoms with Crippen molar-refractivity contribution in [1.29, 1.82) is 0 Å². The molecule has 0 saturated carbocycles. The lowest BCUT2D eigenvalue weighted by atomic mass is 10.1. The summed E-state index contributed by atoms with van der Waals surface area (Å²) in [7, 11) is 1.81. The molecule has 1 aromatic carbocycles. The van der Waals surface area contributed by atoms with Gasteiger partial charge >= 0.3 is 0 Å². The molecule has 4 aromatic heterocycles. The Morgan fingerprint density at radius 2 is 2.00 bits per heavy atom. The summed E-state index contributed by atoms with van der Waals surface area (Å²) in [5.74, 6) is 1.44. The number of carbonyl (C=O) groups is 1. The molecule has 5 rings (SSSR count). The van der Waals surface area contributed by atoms with Gasteiger partial charge in [-0.1, -0.05) is 16.4 Å². The van der Waals surface area contributed by atoms with Gasteiger partial charge in [-0.15, -0.1) is 0 Å². The summed E-state index contributed by atoms with van der Waals surface area (Å²) in [6.45, 7) is 3.85. The van der Waals surface area contributed by atoms with Crippen LogP contribution in [0.25, 0.3) is 33.7 Å². The second-order valence-corrected chi connectivity index (χ2v) is 7.28. The maximum Gasteiger partial charge on any atom is 0.274 e. The van der Waals surface area contributed by atoms with Gasteiger partial charge in [-0.2, -0.15) is 10.1 Å². The van der Waals surface area contributed by atoms with Crippen LogP contribution in [0.2, 0.25) is 0 Å². The second-order valence-electron chi connectivity index (χ2n) is 7.28. The van der Waals surface area contributed by atoms with Crippen LogP contribution in [0.3, 0.4) is 0 Å². The molecule has 0 saturated heterocycles. The van der Waals surface area contributed by atoms with Gasteiger partial charge in [0.2, 0.25) is 0 Å². The monoisotopic (exact) mass is 417 g/mol. The number of hydrogen-bond donors (Lipinski definition) is 2. The normalized spacial score (nSPS) is 11.3. The zero-order valence-corrected chi connectivity index (χ0v) is 17.1. The summed E-state index contributed by atoms with van der Waals surface area (Å²) in [6.07, 6.45) is 0. The molecule has 31 heavy (non-hydrogen) atoms. The Balaban J connectivity index is 1.39. The van der Waals surface area contributed by atoms with Crippen LogP contribution in [-0.4, -0.2) is 36.0 Å². The third kappa shape index (κ3) is 3.59. The zero-order valence-electron chi connectivity index (χ0n) is 17.1. The van der Waals surface area contributed by atoms with E-state index < -0.39 is 0 Å². The van der Waals surface area contributed by atoms with E-state index in [1.165, 1.54) is 0 Å². The first-order valence-electron chi connectivity index (χ1n) is 9.64. The number of aromatic amines is 1. The molecule has 0 aliphatic carbocycles. The van der Waals surface area contributed by atoms with Crippen LogP contribution in [-0.2, 0) is 13.6 Å². The van der Waals surface area contributed by atoms with E-state index in [9.17, 15) is 4.79 Å². The molecule has 5 aromatic rings. The van der Waals surface area contributed by atoms with Gasteiger partial charge in [0.05, 0.1) is 12.2 Å². The summed E-state index contributed by atoms with van der Waals surface area (Å²) in [4.78, 5) is 20.1. The number of fused-ring (bicyclic) bond motifs is 1. The quantitative estimate of drug-likeness (QED) is 0.449. The Hall–Kier alpha value is -4.21. The Morgan fingerprint density at radius 1 is 1.13 bits per heavy atom. The van der Waals surface area contributed by atoms with E-state index in [0.29, 0.717) is 28.9 Å². The Bertz CT molecular complexity index is 1410. The van der Waals surface area contributed by atoms with E-state index in [1.807, 2.05) is 24.3 Å². The number of rotatable bonds is 5. The first-order chi connectivity index (χ1) is 15.0. The van der Waals surface area contributed by atoms with Gasteiger partial charge in [0.25, 0.3) is 11.8 Å². The average molecular weight is 417 g/mol. The smallest absolute Gasteiger partial charge is 0.274 e. The van der Waals surface area contributed by atoms with Gasteiger partial charge in [-0.3, -0.25) is 9.48 Å². The lowest BCUT2D eigenvalue weighted by Gasteiger charge is -2.01. The molecule has 0 radical (unpaired) electrons. The number of hydrogen-bond acceptors (Lipinski definition) is 7. The molecule has 0 bridgehead atoms. The maximum atomic E-state index is 12.5. The molecule has 10 heteroatoms. The van der Waals surface area contributed by atoms with E-state index in [2.05, 4.69) is 30.7 Å². The third-order valence-electron chi connectivity index (χ3n) is 4.89. The lowest BCUT2D eigenvalue weighted by Crippen LogP contribution is -2.23. The molecule has 0 atom stereocenters. The van der Waals surface area contributed by atoms with E-state index in [0.717, 1.165) is 27.9 Å². The number of benzene rings is 1. The van der Waals surface area contributed by atoms with Crippen LogP contribution in [0.1, 0.15) is 27.8 Å². The molecular formula is C21H19N7O3. The number of amides is 1. The zero-order chi connectivity index (χ0) is 21.5. The minimum Gasteiger partial charge on any atom is -0.361 e. The summed E-state index contributed by atoms with van der Waals surface area (Å²) < 4.78 is 11.9. The van der Waals surface area contributed by atoms with Crippen LogP contribution in [0.15, 0.2) is 45.4 Å². The molecule has 1 amide bonds. The molecular weight excluding hydrogens is 398 g/mol. The summed E-state index contributed by atoms with van der Waals surface area (Å²) in [5.41, 5.74) is 4.43. The predicted molar refractivity (Wildman–Crippen MR) is 111 cm³/mol. The molecule has 0 fully saturated rings. The van der Waals surface area contributed by atoms with Crippen molar-refractivity contribution in [2.45, 2.75) is 20.4 Å². The van der Waals surface area contributed by atoms with Crippen molar-refractivity contribution in [2.75, 3.05) is 0 Å². The van der Waals surface area contributed by atoms with Gasteiger partial charge in [-0.05, 0) is 38.1 Å². The van der Waals surface area contributed by atoms with Gasteiger partial charge in [0, 0.05) is 29.6 Å². The predicted octanol–water partition coefficient (Wildman–Crippen LogP) is 3.15. The van der Waals surface area contributed by atoms with Gasteiger partial charge < -0.3 is 19.3 Å². The van der Waals surface area contributed by atoms with Crippen LogP contribution in [0.4, 0.5) is 0 Å². The number of aromatic nitrogens is 6. The fraction of sp³-hybridized carbons (Fsp3) is 0.190. The van der Waals surface area contributed by atoms with Crippen molar-refractivity contribution in [1.82, 2.24) is 35.4 Å². The number of carbonyl (C=O) groups excluding carboxylic acids is 1. The SMILES string of the molecule is Cc1noc(-c2cc3cc(-c4cc(C(=O)NCc5cc(C)on5)nn4C)ccc3[nH]2)n1. The Labute approximate surface area is 176 Å². The summed E-state index contributed by atoms with van der Waals surface area (Å²) >= 11 is 0. The standard InChI is InChI=1S/C21H19N7O3/c1-11-6-15(27-30-11)10-22-20(29)17-9-19(28(3)25-17)13-4-5-16-14(7-13)8-18(24-16)21-23-12(2)26-31-21/h4-9,24H,10H2,1-3H3,(H,22,29). The highest BCUT2D eigenvalue weighted by Crippen LogP contribution is 2.28. The molecule has 10 nitrogen and oxygen atoms in total. The number of aryl methyl sites for hydroxylation is 3. The van der Waals surface area contributed by atoms with E-state index >= 15 is 0 Å². The maximum absolute atomic E-state index is 12.5. The van der Waals surface area contributed by atoms with Gasteiger partial charge in [0.1, 0.15) is 17.1 Å².